The summed E-state index contributed by atoms with van der Waals surface area (Å²) in [7, 11) is 0.605. The van der Waals surface area contributed by atoms with Crippen LogP contribution in [0.1, 0.15) is 6.42 Å². The predicted molar refractivity (Wildman–Crippen MR) is 138 cm³/mol. The van der Waals surface area contributed by atoms with Crippen molar-refractivity contribution in [2.24, 2.45) is 0 Å². The number of carbonyl (C=O) groups excluding carboxylic acids is 1. The van der Waals surface area contributed by atoms with E-state index < -0.39 is 9.84 Å². The van der Waals surface area contributed by atoms with Crippen molar-refractivity contribution in [2.75, 3.05) is 44.1 Å². The van der Waals surface area contributed by atoms with Gasteiger partial charge in [-0.15, -0.1) is 24.2 Å². The van der Waals surface area contributed by atoms with Crippen molar-refractivity contribution < 1.29 is 13.2 Å². The van der Waals surface area contributed by atoms with Gasteiger partial charge >= 0.3 is 0 Å². The van der Waals surface area contributed by atoms with Gasteiger partial charge in [-0.25, -0.2) is 13.4 Å². The van der Waals surface area contributed by atoms with Crippen molar-refractivity contribution >= 4 is 78.2 Å². The fraction of sp³-hybridized carbons (Fsp3) is 0.333. The number of halogens is 2. The van der Waals surface area contributed by atoms with E-state index in [2.05, 4.69) is 4.98 Å². The fourth-order valence-corrected chi connectivity index (χ4v) is 5.52. The summed E-state index contributed by atoms with van der Waals surface area (Å²) in [6.45, 7) is 1.21. The van der Waals surface area contributed by atoms with E-state index in [1.165, 1.54) is 17.6 Å². The zero-order valence-electron chi connectivity index (χ0n) is 17.9. The normalized spacial score (nSPS) is 11.5. The number of aromatic nitrogens is 1. The van der Waals surface area contributed by atoms with Crippen LogP contribution in [0.25, 0.3) is 10.2 Å². The van der Waals surface area contributed by atoms with Gasteiger partial charge in [0.2, 0.25) is 5.91 Å². The molecule has 0 aliphatic carbocycles. The average molecular weight is 535 g/mol. The Morgan fingerprint density at radius 1 is 1.12 bits per heavy atom. The first-order chi connectivity index (χ1) is 14.6. The van der Waals surface area contributed by atoms with Gasteiger partial charge in [0.1, 0.15) is 0 Å². The van der Waals surface area contributed by atoms with Crippen LogP contribution < -0.4 is 4.90 Å². The molecule has 2 aromatic carbocycles. The second-order valence-corrected chi connectivity index (χ2v) is 11.9. The summed E-state index contributed by atoms with van der Waals surface area (Å²) in [6, 6.07) is 12.4. The molecular weight excluding hydrogens is 509 g/mol. The smallest absolute Gasteiger partial charge is 0.229 e. The average Bonchev–Trinajstić information content (AvgIpc) is 3.11. The second-order valence-electron chi connectivity index (χ2n) is 7.30. The molecule has 6 nitrogen and oxygen atoms in total. The van der Waals surface area contributed by atoms with Gasteiger partial charge in [-0.1, -0.05) is 22.9 Å². The molecule has 3 aromatic rings. The number of likely N-dealkylation sites (N-methyl/N-ethyl adjacent to an activating group) is 1. The van der Waals surface area contributed by atoms with Gasteiger partial charge in [-0.3, -0.25) is 9.69 Å². The highest BCUT2D eigenvalue weighted by atomic mass is 35.5. The summed E-state index contributed by atoms with van der Waals surface area (Å²) >= 11 is 8.86. The molecule has 0 aliphatic heterocycles. The first kappa shape index (κ1) is 26.9. The van der Waals surface area contributed by atoms with Gasteiger partial charge in [0, 0.05) is 41.4 Å². The van der Waals surface area contributed by atoms with Crippen molar-refractivity contribution in [3.8, 4) is 0 Å². The van der Waals surface area contributed by atoms with E-state index >= 15 is 0 Å². The van der Waals surface area contributed by atoms with Gasteiger partial charge < -0.3 is 4.90 Å². The Morgan fingerprint density at radius 2 is 1.81 bits per heavy atom. The van der Waals surface area contributed by atoms with E-state index in [9.17, 15) is 13.2 Å². The highest BCUT2D eigenvalue weighted by Gasteiger charge is 2.20. The highest BCUT2D eigenvalue weighted by molar-refractivity contribution is 7.99. The Morgan fingerprint density at radius 3 is 2.44 bits per heavy atom. The van der Waals surface area contributed by atoms with E-state index in [1.54, 1.807) is 34.9 Å². The number of anilines is 1. The lowest BCUT2D eigenvalue weighted by atomic mass is 10.3. The number of thiazole rings is 1. The summed E-state index contributed by atoms with van der Waals surface area (Å²) in [6.07, 6.45) is 1.55. The van der Waals surface area contributed by atoms with E-state index in [1.807, 2.05) is 43.3 Å². The molecule has 32 heavy (non-hydrogen) atoms. The zero-order chi connectivity index (χ0) is 22.6. The summed E-state index contributed by atoms with van der Waals surface area (Å²) < 4.78 is 24.5. The third-order valence-corrected chi connectivity index (χ3v) is 7.89. The molecule has 0 unspecified atom stereocenters. The Labute approximate surface area is 208 Å². The van der Waals surface area contributed by atoms with E-state index in [0.717, 1.165) is 9.60 Å². The number of benzene rings is 2. The lowest BCUT2D eigenvalue weighted by Gasteiger charge is -2.22. The molecule has 0 bridgehead atoms. The molecule has 0 atom stereocenters. The van der Waals surface area contributed by atoms with Crippen LogP contribution in [0.3, 0.4) is 0 Å². The molecule has 0 saturated carbocycles. The van der Waals surface area contributed by atoms with Crippen LogP contribution in [0.5, 0.6) is 0 Å². The van der Waals surface area contributed by atoms with Crippen molar-refractivity contribution in [3.63, 3.8) is 0 Å². The number of fused-ring (bicyclic) bond motifs is 1. The molecule has 3 rings (SSSR count). The van der Waals surface area contributed by atoms with Crippen LogP contribution in [0.4, 0.5) is 5.13 Å². The quantitative estimate of drug-likeness (QED) is 0.366. The second kappa shape index (κ2) is 11.7. The van der Waals surface area contributed by atoms with Crippen LogP contribution >= 0.6 is 47.1 Å². The Hall–Kier alpha value is -1.36. The number of carbonyl (C=O) groups is 1. The number of hydrogen-bond acceptors (Lipinski definition) is 7. The standard InChI is InChI=1S/C21H24ClN3O3S3.ClH/c1-24(2)11-12-25(20(26)10-13-29-16-6-4-15(22)5-7-16)21-23-18-9-8-17(31(3,27)28)14-19(18)30-21;/h4-9,14H,10-13H2,1-3H3;1H. The van der Waals surface area contributed by atoms with Crippen LogP contribution in [0.2, 0.25) is 5.02 Å². The van der Waals surface area contributed by atoms with Crippen molar-refractivity contribution in [1.82, 2.24) is 9.88 Å². The van der Waals surface area contributed by atoms with Crippen molar-refractivity contribution in [3.05, 3.63) is 47.5 Å². The van der Waals surface area contributed by atoms with Gasteiger partial charge in [-0.2, -0.15) is 0 Å². The number of sulfone groups is 1. The molecule has 1 aromatic heterocycles. The highest BCUT2D eigenvalue weighted by Crippen LogP contribution is 2.31. The van der Waals surface area contributed by atoms with Crippen LogP contribution in [0.15, 0.2) is 52.3 Å². The van der Waals surface area contributed by atoms with E-state index in [4.69, 9.17) is 11.6 Å². The minimum Gasteiger partial charge on any atom is -0.308 e. The molecule has 0 N–H and O–H groups in total. The maximum Gasteiger partial charge on any atom is 0.229 e. The number of rotatable bonds is 9. The number of nitrogens with zero attached hydrogens (tertiary/aromatic N) is 3. The third kappa shape index (κ3) is 7.33. The van der Waals surface area contributed by atoms with Crippen molar-refractivity contribution in [1.29, 1.82) is 0 Å². The van der Waals surface area contributed by atoms with Gasteiger partial charge in [0.25, 0.3) is 0 Å². The monoisotopic (exact) mass is 533 g/mol. The molecule has 0 radical (unpaired) electrons. The molecule has 11 heteroatoms. The summed E-state index contributed by atoms with van der Waals surface area (Å²) in [5.41, 5.74) is 0.686. The molecule has 0 fully saturated rings. The molecule has 174 valence electrons. The maximum atomic E-state index is 13.0. The Kier molecular flexibility index (Phi) is 9.81. The number of thioether (sulfide) groups is 1. The van der Waals surface area contributed by atoms with E-state index in [-0.39, 0.29) is 23.2 Å². The molecule has 0 spiro atoms. The summed E-state index contributed by atoms with van der Waals surface area (Å²) in [5.74, 6) is 0.632. The summed E-state index contributed by atoms with van der Waals surface area (Å²) in [4.78, 5) is 22.7. The van der Waals surface area contributed by atoms with Crippen LogP contribution in [0, 0.1) is 0 Å². The van der Waals surface area contributed by atoms with Crippen molar-refractivity contribution in [2.45, 2.75) is 16.2 Å². The minimum absolute atomic E-state index is 0. The fourth-order valence-electron chi connectivity index (χ4n) is 2.79. The topological polar surface area (TPSA) is 70.6 Å². The first-order valence-electron chi connectivity index (χ1n) is 9.57. The lowest BCUT2D eigenvalue weighted by Crippen LogP contribution is -2.36. The zero-order valence-corrected chi connectivity index (χ0v) is 22.0. The lowest BCUT2D eigenvalue weighted by molar-refractivity contribution is -0.118. The maximum absolute atomic E-state index is 13.0. The van der Waals surface area contributed by atoms with Gasteiger partial charge in [0.15, 0.2) is 15.0 Å². The SMILES string of the molecule is CN(C)CCN(C(=O)CCSc1ccc(Cl)cc1)c1nc2ccc(S(C)(=O)=O)cc2s1.Cl. The van der Waals surface area contributed by atoms with Gasteiger partial charge in [0.05, 0.1) is 15.1 Å². The molecule has 1 heterocycles. The van der Waals surface area contributed by atoms with Gasteiger partial charge in [-0.05, 0) is 56.6 Å². The van der Waals surface area contributed by atoms with Crippen LogP contribution in [-0.2, 0) is 14.6 Å². The Balaban J connectivity index is 0.00000363. The largest absolute Gasteiger partial charge is 0.308 e. The predicted octanol–water partition coefficient (Wildman–Crippen LogP) is 4.85. The molecular formula is C21H25Cl2N3O3S3. The molecule has 0 saturated heterocycles. The minimum atomic E-state index is -3.30. The third-order valence-electron chi connectivity index (χ3n) is 4.48. The first-order valence-corrected chi connectivity index (χ1v) is 13.6. The Bertz CT molecular complexity index is 1170. The molecule has 1 amide bonds. The molecule has 0 aliphatic rings. The summed E-state index contributed by atoms with van der Waals surface area (Å²) in [5, 5.41) is 1.27. The van der Waals surface area contributed by atoms with Crippen LogP contribution in [-0.4, -0.2) is 63.4 Å². The number of hydrogen-bond donors (Lipinski definition) is 0. The van der Waals surface area contributed by atoms with E-state index in [0.29, 0.717) is 40.9 Å². The number of amides is 1.